The highest BCUT2D eigenvalue weighted by Gasteiger charge is 2.51. The second-order valence-electron chi connectivity index (χ2n) is 7.51. The molecule has 0 amide bonds. The molecule has 9 nitrogen and oxygen atoms in total. The number of nitrogens with zero attached hydrogens (tertiary/aromatic N) is 3. The van der Waals surface area contributed by atoms with Gasteiger partial charge in [0.2, 0.25) is 21.4 Å². The summed E-state index contributed by atoms with van der Waals surface area (Å²) in [7, 11) is -4.37. The van der Waals surface area contributed by atoms with Crippen molar-refractivity contribution in [2.75, 3.05) is 26.3 Å². The average molecular weight is 515 g/mol. The first kappa shape index (κ1) is 26.2. The molecule has 14 heteroatoms. The van der Waals surface area contributed by atoms with Gasteiger partial charge in [-0.3, -0.25) is 0 Å². The zero-order chi connectivity index (χ0) is 26.0. The molecule has 1 heterocycles. The van der Waals surface area contributed by atoms with Crippen LogP contribution in [0.3, 0.4) is 0 Å². The topological polar surface area (TPSA) is 105 Å². The number of aliphatic hydroxyl groups excluding tert-OH is 1. The molecule has 0 bridgehead atoms. The normalized spacial score (nSPS) is 20.7. The van der Waals surface area contributed by atoms with Crippen LogP contribution in [0.15, 0.2) is 41.3 Å². The summed E-state index contributed by atoms with van der Waals surface area (Å²) in [5, 5.41) is 20.6. The van der Waals surface area contributed by atoms with Gasteiger partial charge in [0.15, 0.2) is 18.1 Å². The first-order valence-corrected chi connectivity index (χ1v) is 11.2. The van der Waals surface area contributed by atoms with Crippen molar-refractivity contribution >= 4 is 21.4 Å². The van der Waals surface area contributed by atoms with Crippen molar-refractivity contribution in [3.05, 3.63) is 65.0 Å². The van der Waals surface area contributed by atoms with E-state index in [-0.39, 0.29) is 10.6 Å². The van der Waals surface area contributed by atoms with E-state index in [9.17, 15) is 36.2 Å². The number of ether oxygens (including phenoxy) is 2. The van der Waals surface area contributed by atoms with Crippen molar-refractivity contribution in [3.8, 4) is 11.5 Å². The molecule has 0 aromatic heterocycles. The third kappa shape index (κ3) is 5.47. The van der Waals surface area contributed by atoms with Crippen LogP contribution in [-0.2, 0) is 10.0 Å². The lowest BCUT2D eigenvalue weighted by molar-refractivity contribution is -0.153. The van der Waals surface area contributed by atoms with Gasteiger partial charge < -0.3 is 19.7 Å². The summed E-state index contributed by atoms with van der Waals surface area (Å²) in [6, 6.07) is 6.54. The maximum Gasteiger partial charge on any atom is 0.422 e. The van der Waals surface area contributed by atoms with Crippen LogP contribution >= 0.6 is 0 Å². The Kier molecular flexibility index (Phi) is 7.23. The highest BCUT2D eigenvalue weighted by atomic mass is 32.2. The molecule has 0 saturated carbocycles. The quantitative estimate of drug-likeness (QED) is 0.434. The number of halogens is 4. The van der Waals surface area contributed by atoms with Crippen molar-refractivity contribution in [1.29, 1.82) is 0 Å². The largest absolute Gasteiger partial charge is 0.482 e. The van der Waals surface area contributed by atoms with Gasteiger partial charge in [-0.15, -0.1) is 0 Å². The molecule has 1 fully saturated rings. The molecule has 0 aliphatic carbocycles. The van der Waals surface area contributed by atoms with Gasteiger partial charge in [0.1, 0.15) is 17.5 Å². The van der Waals surface area contributed by atoms with E-state index in [0.717, 1.165) is 4.31 Å². The summed E-state index contributed by atoms with van der Waals surface area (Å²) in [4.78, 5) is 5.64. The second-order valence-corrected chi connectivity index (χ2v) is 9.42. The Bertz CT molecular complexity index is 1310. The molecule has 0 radical (unpaired) electrons. The van der Waals surface area contributed by atoms with E-state index in [1.54, 1.807) is 0 Å². The van der Waals surface area contributed by atoms with Crippen LogP contribution in [0, 0.1) is 19.0 Å². The van der Waals surface area contributed by atoms with Crippen LogP contribution in [0.1, 0.15) is 0 Å². The molecule has 1 aliphatic heterocycles. The van der Waals surface area contributed by atoms with E-state index in [2.05, 4.69) is 14.4 Å². The predicted molar refractivity (Wildman–Crippen MR) is 112 cm³/mol. The van der Waals surface area contributed by atoms with Gasteiger partial charge in [-0.1, -0.05) is 24.3 Å². The Morgan fingerprint density at radius 3 is 2.40 bits per heavy atom. The van der Waals surface area contributed by atoms with E-state index in [1.165, 1.54) is 24.3 Å². The van der Waals surface area contributed by atoms with Crippen LogP contribution in [0.25, 0.3) is 9.69 Å². The molecule has 35 heavy (non-hydrogen) atoms. The molecular formula is C21H17F4N3O6S. The van der Waals surface area contributed by atoms with Crippen molar-refractivity contribution in [3.63, 3.8) is 0 Å². The summed E-state index contributed by atoms with van der Waals surface area (Å²) in [6.45, 7) is 10.0. The second kappa shape index (κ2) is 9.67. The Morgan fingerprint density at radius 1 is 1.14 bits per heavy atom. The molecule has 186 valence electrons. The molecule has 2 aromatic carbocycles. The van der Waals surface area contributed by atoms with E-state index >= 15 is 0 Å². The summed E-state index contributed by atoms with van der Waals surface area (Å²) in [6.07, 6.45) is -6.35. The zero-order valence-corrected chi connectivity index (χ0v) is 18.5. The van der Waals surface area contributed by atoms with Gasteiger partial charge in [-0.2, -0.15) is 17.5 Å². The molecule has 2 atom stereocenters. The Labute approximate surface area is 197 Å². The number of alkyl halides is 3. The van der Waals surface area contributed by atoms with Crippen molar-refractivity contribution in [2.45, 2.75) is 22.8 Å². The Hall–Kier alpha value is -3.43. The summed E-state index contributed by atoms with van der Waals surface area (Å²) < 4.78 is 89.3. The van der Waals surface area contributed by atoms with Gasteiger partial charge in [0.05, 0.1) is 31.2 Å². The van der Waals surface area contributed by atoms with Crippen molar-refractivity contribution in [1.82, 2.24) is 4.31 Å². The molecule has 1 aliphatic rings. The smallest absolute Gasteiger partial charge is 0.422 e. The number of hydrogen-bond acceptors (Lipinski definition) is 6. The van der Waals surface area contributed by atoms with Crippen LogP contribution in [0.4, 0.5) is 28.9 Å². The molecule has 1 saturated heterocycles. The Morgan fingerprint density at radius 2 is 1.80 bits per heavy atom. The molecule has 0 unspecified atom stereocenters. The highest BCUT2D eigenvalue weighted by Crippen LogP contribution is 2.39. The fourth-order valence-corrected chi connectivity index (χ4v) is 4.97. The SMILES string of the molecule is [C-]#[N+]c1cc(OCC(F)(F)F)c(O[C@H]2CN(S(=O)(=O)c3ccccc3[N+]#[C-])C[C@@]2(O)CO)cc1F. The third-order valence-corrected chi connectivity index (χ3v) is 6.95. The standard InChI is InChI=1S/C21H17F4N3O6S/c1-26-14-5-3-4-6-18(14)35(31,32)28-9-19(20(30,10-28)11-29)34-17-7-13(22)15(27-2)8-16(17)33-12-21(23,24)25/h3-8,19,29-30H,9-12H2/t19-,20+/m0/s1. The fourth-order valence-electron chi connectivity index (χ4n) is 3.34. The zero-order valence-electron chi connectivity index (χ0n) is 17.7. The lowest BCUT2D eigenvalue weighted by atomic mass is 10.0. The Balaban J connectivity index is 1.96. The van der Waals surface area contributed by atoms with E-state index in [1.807, 2.05) is 0 Å². The lowest BCUT2D eigenvalue weighted by Gasteiger charge is -2.28. The highest BCUT2D eigenvalue weighted by molar-refractivity contribution is 7.89. The lowest BCUT2D eigenvalue weighted by Crippen LogP contribution is -2.48. The minimum atomic E-state index is -4.77. The molecule has 2 N–H and O–H groups in total. The van der Waals surface area contributed by atoms with E-state index < -0.39 is 77.2 Å². The van der Waals surface area contributed by atoms with Crippen molar-refractivity contribution < 1.29 is 45.7 Å². The van der Waals surface area contributed by atoms with Crippen LogP contribution in [0.5, 0.6) is 11.5 Å². The summed E-state index contributed by atoms with van der Waals surface area (Å²) >= 11 is 0. The number of sulfonamides is 1. The molecule has 2 aromatic rings. The van der Waals surface area contributed by atoms with Crippen LogP contribution < -0.4 is 9.47 Å². The first-order valence-electron chi connectivity index (χ1n) is 9.71. The minimum Gasteiger partial charge on any atom is -0.482 e. The van der Waals surface area contributed by atoms with E-state index in [0.29, 0.717) is 12.1 Å². The fraction of sp³-hybridized carbons (Fsp3) is 0.333. The monoisotopic (exact) mass is 515 g/mol. The van der Waals surface area contributed by atoms with Gasteiger partial charge in [-0.25, -0.2) is 22.5 Å². The first-order chi connectivity index (χ1) is 16.3. The van der Waals surface area contributed by atoms with Gasteiger partial charge in [0.25, 0.3) is 0 Å². The number of benzene rings is 2. The number of β-amino-alcohol motifs (C(OH)–C–C–N with tert-alkyl or cyclic N) is 1. The number of hydrogen-bond donors (Lipinski definition) is 2. The molecular weight excluding hydrogens is 498 g/mol. The maximum absolute atomic E-state index is 14.2. The molecule has 3 rings (SSSR count). The average Bonchev–Trinajstić information content (AvgIpc) is 3.15. The van der Waals surface area contributed by atoms with Gasteiger partial charge >= 0.3 is 6.18 Å². The van der Waals surface area contributed by atoms with Crippen molar-refractivity contribution in [2.24, 2.45) is 0 Å². The number of rotatable bonds is 7. The summed E-state index contributed by atoms with van der Waals surface area (Å²) in [5.74, 6) is -2.47. The van der Waals surface area contributed by atoms with Crippen LogP contribution in [0.2, 0.25) is 0 Å². The van der Waals surface area contributed by atoms with Crippen LogP contribution in [-0.4, -0.2) is 67.1 Å². The number of para-hydroxylation sites is 1. The third-order valence-electron chi connectivity index (χ3n) is 5.09. The summed E-state index contributed by atoms with van der Waals surface area (Å²) in [5.41, 5.74) is -3.08. The minimum absolute atomic E-state index is 0.191. The predicted octanol–water partition coefficient (Wildman–Crippen LogP) is 3.04. The molecule has 0 spiro atoms. The van der Waals surface area contributed by atoms with Gasteiger partial charge in [-0.05, 0) is 6.07 Å². The van der Waals surface area contributed by atoms with E-state index in [4.69, 9.17) is 17.9 Å². The number of aliphatic hydroxyl groups is 2. The maximum atomic E-state index is 14.2. The van der Waals surface area contributed by atoms with Gasteiger partial charge in [0, 0.05) is 12.6 Å².